The molecule has 6 heteroatoms. The van der Waals surface area contributed by atoms with Crippen LogP contribution in [0.5, 0.6) is 5.75 Å². The molecule has 4 aromatic carbocycles. The Morgan fingerprint density at radius 3 is 2.06 bits per heavy atom. The van der Waals surface area contributed by atoms with Gasteiger partial charge in [0.15, 0.2) is 5.82 Å². The second-order valence-corrected chi connectivity index (χ2v) is 8.48. The van der Waals surface area contributed by atoms with Crippen LogP contribution in [0.4, 0.5) is 0 Å². The molecular formula is C30H28N4O2. The summed E-state index contributed by atoms with van der Waals surface area (Å²) >= 11 is 0. The van der Waals surface area contributed by atoms with E-state index in [0.29, 0.717) is 31.9 Å². The van der Waals surface area contributed by atoms with Crippen LogP contribution >= 0.6 is 0 Å². The number of hydrogen-bond acceptors (Lipinski definition) is 4. The van der Waals surface area contributed by atoms with Crippen LogP contribution in [0.25, 0.3) is 11.4 Å². The number of rotatable bonds is 10. The fourth-order valence-electron chi connectivity index (χ4n) is 4.05. The highest BCUT2D eigenvalue weighted by molar-refractivity contribution is 5.54. The van der Waals surface area contributed by atoms with E-state index in [2.05, 4.69) is 5.43 Å². The zero-order valence-corrected chi connectivity index (χ0v) is 20.0. The maximum atomic E-state index is 13.4. The summed E-state index contributed by atoms with van der Waals surface area (Å²) in [5.41, 5.74) is 7.16. The third kappa shape index (κ3) is 5.55. The second kappa shape index (κ2) is 11.2. The first-order chi connectivity index (χ1) is 17.8. The van der Waals surface area contributed by atoms with Crippen LogP contribution in [-0.4, -0.2) is 14.5 Å². The van der Waals surface area contributed by atoms with E-state index in [1.807, 2.05) is 115 Å². The van der Waals surface area contributed by atoms with Gasteiger partial charge in [-0.15, -0.1) is 5.10 Å². The average Bonchev–Trinajstić information content (AvgIpc) is 3.26. The Bertz CT molecular complexity index is 1450. The largest absolute Gasteiger partial charge is 0.489 e. The van der Waals surface area contributed by atoms with Crippen LogP contribution < -0.4 is 15.9 Å². The molecule has 1 heterocycles. The van der Waals surface area contributed by atoms with E-state index in [0.717, 1.165) is 28.0 Å². The van der Waals surface area contributed by atoms with Crippen molar-refractivity contribution in [1.82, 2.24) is 14.5 Å². The summed E-state index contributed by atoms with van der Waals surface area (Å²) < 4.78 is 9.17. The van der Waals surface area contributed by atoms with Crippen LogP contribution in [0.2, 0.25) is 0 Å². The smallest absolute Gasteiger partial charge is 0.365 e. The summed E-state index contributed by atoms with van der Waals surface area (Å²) in [6.45, 7) is 1.45. The van der Waals surface area contributed by atoms with Gasteiger partial charge in [-0.05, 0) is 29.2 Å². The molecule has 1 N–H and O–H groups in total. The monoisotopic (exact) mass is 476 g/mol. The molecule has 0 spiro atoms. The molecule has 0 radical (unpaired) electrons. The molecule has 0 saturated carbocycles. The molecule has 0 atom stereocenters. The number of ether oxygens (including phenoxy) is 1. The highest BCUT2D eigenvalue weighted by Crippen LogP contribution is 2.21. The molecular weight excluding hydrogens is 448 g/mol. The lowest BCUT2D eigenvalue weighted by Crippen LogP contribution is -2.31. The third-order valence-corrected chi connectivity index (χ3v) is 5.96. The first-order valence-corrected chi connectivity index (χ1v) is 12.1. The van der Waals surface area contributed by atoms with Crippen molar-refractivity contribution in [2.45, 2.75) is 26.1 Å². The Morgan fingerprint density at radius 1 is 0.722 bits per heavy atom. The lowest BCUT2D eigenvalue weighted by atomic mass is 10.1. The zero-order chi connectivity index (χ0) is 24.6. The van der Waals surface area contributed by atoms with E-state index in [-0.39, 0.29) is 5.69 Å². The van der Waals surface area contributed by atoms with Gasteiger partial charge in [-0.1, -0.05) is 109 Å². The lowest BCUT2D eigenvalue weighted by molar-refractivity contribution is 0.302. The molecule has 0 saturated heterocycles. The van der Waals surface area contributed by atoms with Crippen molar-refractivity contribution in [3.8, 4) is 17.1 Å². The van der Waals surface area contributed by atoms with Gasteiger partial charge in [-0.25, -0.2) is 9.48 Å². The maximum Gasteiger partial charge on any atom is 0.365 e. The van der Waals surface area contributed by atoms with Gasteiger partial charge in [0.25, 0.3) is 0 Å². The maximum absolute atomic E-state index is 13.4. The molecule has 36 heavy (non-hydrogen) atoms. The zero-order valence-electron chi connectivity index (χ0n) is 20.0. The van der Waals surface area contributed by atoms with Gasteiger partial charge in [0.05, 0.1) is 13.1 Å². The van der Waals surface area contributed by atoms with Gasteiger partial charge in [-0.3, -0.25) is 0 Å². The summed E-state index contributed by atoms with van der Waals surface area (Å²) in [5, 5.41) is 4.69. The Kier molecular flexibility index (Phi) is 7.23. The SMILES string of the molecule is O=c1n(CCc2ccccc2OCc2ccccc2)nc(-c2ccccc2)n1NCc1ccccc1. The van der Waals surface area contributed by atoms with E-state index >= 15 is 0 Å². The summed E-state index contributed by atoms with van der Waals surface area (Å²) in [5.74, 6) is 1.41. The standard InChI is InChI=1S/C30H28N4O2/c35-30-33(21-20-26-16-10-11-19-28(26)36-23-25-14-6-2-7-15-25)32-29(27-17-8-3-9-18-27)34(30)31-22-24-12-4-1-5-13-24/h1-19,31H,20-23H2. The molecule has 0 unspecified atom stereocenters. The van der Waals surface area contributed by atoms with Gasteiger partial charge in [0.1, 0.15) is 12.4 Å². The van der Waals surface area contributed by atoms with Crippen molar-refractivity contribution in [3.05, 3.63) is 142 Å². The summed E-state index contributed by atoms with van der Waals surface area (Å²) in [4.78, 5) is 13.4. The van der Waals surface area contributed by atoms with Gasteiger partial charge in [0.2, 0.25) is 0 Å². The molecule has 180 valence electrons. The minimum absolute atomic E-state index is 0.201. The van der Waals surface area contributed by atoms with Crippen LogP contribution in [-0.2, 0) is 26.1 Å². The van der Waals surface area contributed by atoms with Gasteiger partial charge < -0.3 is 10.2 Å². The van der Waals surface area contributed by atoms with Crippen molar-refractivity contribution in [2.24, 2.45) is 0 Å². The molecule has 0 bridgehead atoms. The fourth-order valence-corrected chi connectivity index (χ4v) is 4.05. The van der Waals surface area contributed by atoms with E-state index < -0.39 is 0 Å². The Morgan fingerprint density at radius 2 is 1.33 bits per heavy atom. The van der Waals surface area contributed by atoms with Crippen molar-refractivity contribution in [3.63, 3.8) is 0 Å². The van der Waals surface area contributed by atoms with Crippen molar-refractivity contribution < 1.29 is 4.74 Å². The van der Waals surface area contributed by atoms with Crippen molar-refractivity contribution >= 4 is 0 Å². The molecule has 5 aromatic rings. The number of nitrogens with zero attached hydrogens (tertiary/aromatic N) is 3. The summed E-state index contributed by atoms with van der Waals surface area (Å²) in [7, 11) is 0. The Balaban J connectivity index is 1.36. The molecule has 1 aromatic heterocycles. The molecule has 0 aliphatic heterocycles. The topological polar surface area (TPSA) is 61.1 Å². The number of benzene rings is 4. The number of aromatic nitrogens is 3. The first-order valence-electron chi connectivity index (χ1n) is 12.1. The molecule has 6 nitrogen and oxygen atoms in total. The van der Waals surface area contributed by atoms with E-state index in [1.54, 1.807) is 4.68 Å². The quantitative estimate of drug-likeness (QED) is 0.298. The first kappa shape index (κ1) is 23.2. The van der Waals surface area contributed by atoms with Gasteiger partial charge in [-0.2, -0.15) is 4.68 Å². The van der Waals surface area contributed by atoms with Crippen LogP contribution in [0, 0.1) is 0 Å². The summed E-state index contributed by atoms with van der Waals surface area (Å²) in [6.07, 6.45) is 0.620. The van der Waals surface area contributed by atoms with Crippen molar-refractivity contribution in [1.29, 1.82) is 0 Å². The van der Waals surface area contributed by atoms with E-state index in [1.165, 1.54) is 4.68 Å². The Labute approximate surface area is 210 Å². The predicted molar refractivity (Wildman–Crippen MR) is 142 cm³/mol. The molecule has 0 amide bonds. The van der Waals surface area contributed by atoms with Crippen LogP contribution in [0.15, 0.2) is 120 Å². The highest BCUT2D eigenvalue weighted by atomic mass is 16.5. The van der Waals surface area contributed by atoms with Gasteiger partial charge in [0, 0.05) is 5.56 Å². The average molecular weight is 477 g/mol. The number of nitrogens with one attached hydrogen (secondary N) is 1. The van der Waals surface area contributed by atoms with Crippen molar-refractivity contribution in [2.75, 3.05) is 5.43 Å². The summed E-state index contributed by atoms with van der Waals surface area (Å²) in [6, 6.07) is 37.8. The lowest BCUT2D eigenvalue weighted by Gasteiger charge is -2.11. The Hall–Kier alpha value is -4.58. The van der Waals surface area contributed by atoms with Crippen LogP contribution in [0.1, 0.15) is 16.7 Å². The normalized spacial score (nSPS) is 10.8. The number of aryl methyl sites for hydroxylation is 2. The molecule has 0 fully saturated rings. The van der Waals surface area contributed by atoms with E-state index in [4.69, 9.17) is 9.84 Å². The molecule has 0 aliphatic carbocycles. The minimum atomic E-state index is -0.201. The van der Waals surface area contributed by atoms with E-state index in [9.17, 15) is 4.79 Å². The van der Waals surface area contributed by atoms with Gasteiger partial charge >= 0.3 is 5.69 Å². The highest BCUT2D eigenvalue weighted by Gasteiger charge is 2.16. The fraction of sp³-hybridized carbons (Fsp3) is 0.133. The number of para-hydroxylation sites is 1. The molecule has 5 rings (SSSR count). The third-order valence-electron chi connectivity index (χ3n) is 5.96. The van der Waals surface area contributed by atoms with Crippen LogP contribution in [0.3, 0.4) is 0 Å². The number of hydrogen-bond donors (Lipinski definition) is 1. The predicted octanol–water partition coefficient (Wildman–Crippen LogP) is 5.28. The molecule has 0 aliphatic rings. The second-order valence-electron chi connectivity index (χ2n) is 8.48. The minimum Gasteiger partial charge on any atom is -0.489 e.